The Balaban J connectivity index is 1.99. The highest BCUT2D eigenvalue weighted by Gasteiger charge is 2.37. The fraction of sp³-hybridized carbons (Fsp3) is 1.00. The van der Waals surface area contributed by atoms with Gasteiger partial charge in [-0.1, -0.05) is 13.8 Å². The summed E-state index contributed by atoms with van der Waals surface area (Å²) in [5.41, 5.74) is 0.429. The van der Waals surface area contributed by atoms with Gasteiger partial charge < -0.3 is 0 Å². The molecule has 0 aromatic carbocycles. The van der Waals surface area contributed by atoms with E-state index < -0.39 is 0 Å². The summed E-state index contributed by atoms with van der Waals surface area (Å²) in [4.78, 5) is 5.46. The molecule has 0 saturated carbocycles. The molecule has 106 valence electrons. The van der Waals surface area contributed by atoms with E-state index in [0.717, 1.165) is 17.8 Å². The van der Waals surface area contributed by atoms with Gasteiger partial charge in [0.2, 0.25) is 0 Å². The molecule has 2 heterocycles. The lowest BCUT2D eigenvalue weighted by Gasteiger charge is -2.46. The van der Waals surface area contributed by atoms with E-state index in [4.69, 9.17) is 0 Å². The van der Waals surface area contributed by atoms with Crippen molar-refractivity contribution in [3.05, 3.63) is 0 Å². The van der Waals surface area contributed by atoms with E-state index in [1.807, 2.05) is 0 Å². The van der Waals surface area contributed by atoms with Crippen LogP contribution >= 0.6 is 12.6 Å². The van der Waals surface area contributed by atoms with Crippen LogP contribution in [0.2, 0.25) is 0 Å². The number of hydrogen-bond donors (Lipinski definition) is 1. The monoisotopic (exact) mass is 270 g/mol. The molecule has 0 N–H and O–H groups in total. The minimum absolute atomic E-state index is 0.429. The van der Waals surface area contributed by atoms with Crippen LogP contribution in [0, 0.1) is 5.41 Å². The van der Waals surface area contributed by atoms with Crippen LogP contribution in [0.4, 0.5) is 0 Å². The van der Waals surface area contributed by atoms with Gasteiger partial charge in [0.25, 0.3) is 0 Å². The highest BCUT2D eigenvalue weighted by atomic mass is 32.1. The zero-order valence-corrected chi connectivity index (χ0v) is 13.3. The van der Waals surface area contributed by atoms with Crippen molar-refractivity contribution < 1.29 is 0 Å². The van der Waals surface area contributed by atoms with E-state index >= 15 is 0 Å². The number of nitrogens with zero attached hydrogens (tertiary/aromatic N) is 2. The topological polar surface area (TPSA) is 6.48 Å². The van der Waals surface area contributed by atoms with Crippen molar-refractivity contribution in [1.82, 2.24) is 9.80 Å². The third-order valence-electron chi connectivity index (χ3n) is 5.44. The summed E-state index contributed by atoms with van der Waals surface area (Å²) in [6.07, 6.45) is 5.33. The van der Waals surface area contributed by atoms with Gasteiger partial charge in [0.05, 0.1) is 0 Å². The largest absolute Gasteiger partial charge is 0.298 e. The van der Waals surface area contributed by atoms with Crippen LogP contribution in [0.5, 0.6) is 0 Å². The molecule has 18 heavy (non-hydrogen) atoms. The Bertz CT molecular complexity index is 257. The predicted octanol–water partition coefficient (Wildman–Crippen LogP) is 2.89. The normalized spacial score (nSPS) is 30.7. The predicted molar refractivity (Wildman–Crippen MR) is 82.5 cm³/mol. The molecule has 0 radical (unpaired) electrons. The number of fused-ring (bicyclic) bond motifs is 1. The molecule has 2 unspecified atom stereocenters. The molecule has 2 saturated heterocycles. The van der Waals surface area contributed by atoms with Crippen LogP contribution in [0.3, 0.4) is 0 Å². The summed E-state index contributed by atoms with van der Waals surface area (Å²) >= 11 is 4.63. The quantitative estimate of drug-likeness (QED) is 0.768. The smallest absolute Gasteiger partial charge is 0.0224 e. The molecule has 0 bridgehead atoms. The Kier molecular flexibility index (Phi) is 5.01. The standard InChI is InChI=1S/C15H30N2S/c1-4-15(5-2,12-18)11-17-10-14-7-6-8-16(14)9-13(17)3/h13-14,18H,4-12H2,1-3H3. The van der Waals surface area contributed by atoms with Crippen LogP contribution in [-0.4, -0.2) is 53.8 Å². The van der Waals surface area contributed by atoms with Crippen molar-refractivity contribution in [2.45, 2.75) is 58.5 Å². The molecule has 2 fully saturated rings. The van der Waals surface area contributed by atoms with Crippen molar-refractivity contribution >= 4 is 12.6 Å². The van der Waals surface area contributed by atoms with E-state index in [2.05, 4.69) is 43.2 Å². The first kappa shape index (κ1) is 14.7. The zero-order chi connectivity index (χ0) is 13.2. The van der Waals surface area contributed by atoms with E-state index in [0.29, 0.717) is 5.41 Å². The van der Waals surface area contributed by atoms with Crippen molar-refractivity contribution in [2.24, 2.45) is 5.41 Å². The lowest BCUT2D eigenvalue weighted by Crippen LogP contribution is -2.57. The van der Waals surface area contributed by atoms with Crippen LogP contribution in [0.25, 0.3) is 0 Å². The van der Waals surface area contributed by atoms with Crippen LogP contribution in [-0.2, 0) is 0 Å². The zero-order valence-electron chi connectivity index (χ0n) is 12.4. The molecule has 2 rings (SSSR count). The molecule has 0 aliphatic carbocycles. The second-order valence-electron chi connectivity index (χ2n) is 6.43. The lowest BCUT2D eigenvalue weighted by atomic mass is 9.83. The van der Waals surface area contributed by atoms with E-state index in [1.165, 1.54) is 51.9 Å². The van der Waals surface area contributed by atoms with Gasteiger partial charge in [0.1, 0.15) is 0 Å². The number of hydrogen-bond acceptors (Lipinski definition) is 3. The van der Waals surface area contributed by atoms with E-state index in [9.17, 15) is 0 Å². The molecule has 2 aliphatic heterocycles. The molecule has 0 spiro atoms. The molecular formula is C15H30N2S. The molecule has 0 amide bonds. The average Bonchev–Trinajstić information content (AvgIpc) is 2.83. The van der Waals surface area contributed by atoms with Crippen molar-refractivity contribution in [1.29, 1.82) is 0 Å². The summed E-state index contributed by atoms with van der Waals surface area (Å²) in [7, 11) is 0. The average molecular weight is 270 g/mol. The number of thiol groups is 1. The van der Waals surface area contributed by atoms with Crippen LogP contribution < -0.4 is 0 Å². The van der Waals surface area contributed by atoms with Crippen LogP contribution in [0.1, 0.15) is 46.5 Å². The van der Waals surface area contributed by atoms with Gasteiger partial charge >= 0.3 is 0 Å². The van der Waals surface area contributed by atoms with E-state index in [-0.39, 0.29) is 0 Å². The molecular weight excluding hydrogens is 240 g/mol. The lowest BCUT2D eigenvalue weighted by molar-refractivity contribution is 0.0287. The minimum Gasteiger partial charge on any atom is -0.298 e. The van der Waals surface area contributed by atoms with Gasteiger partial charge in [0.15, 0.2) is 0 Å². The highest BCUT2D eigenvalue weighted by Crippen LogP contribution is 2.32. The Labute approximate surface area is 119 Å². The van der Waals surface area contributed by atoms with Gasteiger partial charge in [0, 0.05) is 31.7 Å². The van der Waals surface area contributed by atoms with Gasteiger partial charge in [-0.05, 0) is 50.3 Å². The van der Waals surface area contributed by atoms with E-state index in [1.54, 1.807) is 0 Å². The second-order valence-corrected chi connectivity index (χ2v) is 6.75. The molecule has 3 heteroatoms. The summed E-state index contributed by atoms with van der Waals surface area (Å²) in [5.74, 6) is 1.03. The fourth-order valence-electron chi connectivity index (χ4n) is 3.65. The first-order valence-corrected chi connectivity index (χ1v) is 8.36. The third kappa shape index (κ3) is 2.88. The molecule has 2 atom stereocenters. The number of piperazine rings is 1. The van der Waals surface area contributed by atoms with Gasteiger partial charge in [-0.25, -0.2) is 0 Å². The maximum Gasteiger partial charge on any atom is 0.0224 e. The second kappa shape index (κ2) is 6.15. The Morgan fingerprint density at radius 1 is 1.22 bits per heavy atom. The first-order chi connectivity index (χ1) is 8.64. The minimum atomic E-state index is 0.429. The van der Waals surface area contributed by atoms with Crippen molar-refractivity contribution in [2.75, 3.05) is 31.9 Å². The van der Waals surface area contributed by atoms with Crippen LogP contribution in [0.15, 0.2) is 0 Å². The summed E-state index contributed by atoms with van der Waals surface area (Å²) in [6, 6.07) is 1.56. The molecule has 2 nitrogen and oxygen atoms in total. The van der Waals surface area contributed by atoms with Crippen molar-refractivity contribution in [3.8, 4) is 0 Å². The van der Waals surface area contributed by atoms with Gasteiger partial charge in [-0.2, -0.15) is 12.6 Å². The Morgan fingerprint density at radius 3 is 2.56 bits per heavy atom. The molecule has 0 aromatic heterocycles. The molecule has 2 aliphatic rings. The Morgan fingerprint density at radius 2 is 1.94 bits per heavy atom. The maximum atomic E-state index is 4.63. The van der Waals surface area contributed by atoms with Crippen molar-refractivity contribution in [3.63, 3.8) is 0 Å². The third-order valence-corrected chi connectivity index (χ3v) is 6.11. The first-order valence-electron chi connectivity index (χ1n) is 7.73. The summed E-state index contributed by atoms with van der Waals surface area (Å²) in [6.45, 7) is 12.2. The fourth-order valence-corrected chi connectivity index (χ4v) is 4.19. The SMILES string of the molecule is CCC(CC)(CS)CN1CC2CCCN2CC1C. The number of rotatable bonds is 5. The summed E-state index contributed by atoms with van der Waals surface area (Å²) in [5, 5.41) is 0. The van der Waals surface area contributed by atoms with Gasteiger partial charge in [-0.15, -0.1) is 0 Å². The molecule has 0 aromatic rings. The highest BCUT2D eigenvalue weighted by molar-refractivity contribution is 7.80. The van der Waals surface area contributed by atoms with Gasteiger partial charge in [-0.3, -0.25) is 9.80 Å². The summed E-state index contributed by atoms with van der Waals surface area (Å²) < 4.78 is 0. The maximum absolute atomic E-state index is 4.63. The Hall–Kier alpha value is 0.270.